The minimum absolute atomic E-state index is 0.134. The Hall–Kier alpha value is -3.35. The molecule has 0 saturated heterocycles. The monoisotopic (exact) mass is 307 g/mol. The molecule has 114 valence electrons. The number of hydrogen-bond acceptors (Lipinski definition) is 6. The Kier molecular flexibility index (Phi) is 2.80. The third kappa shape index (κ3) is 2.10. The van der Waals surface area contributed by atoms with Crippen molar-refractivity contribution >= 4 is 22.8 Å². The first-order valence-electron chi connectivity index (χ1n) is 7.04. The van der Waals surface area contributed by atoms with Crippen LogP contribution >= 0.6 is 0 Å². The van der Waals surface area contributed by atoms with E-state index in [0.717, 1.165) is 5.56 Å². The van der Waals surface area contributed by atoms with Crippen LogP contribution in [0.2, 0.25) is 0 Å². The number of anilines is 1. The number of benzene rings is 2. The highest BCUT2D eigenvalue weighted by Gasteiger charge is 2.24. The van der Waals surface area contributed by atoms with E-state index in [2.05, 4.69) is 15.3 Å². The molecular weight excluding hydrogens is 294 g/mol. The molecule has 1 aliphatic heterocycles. The smallest absolute Gasteiger partial charge is 0.282 e. The van der Waals surface area contributed by atoms with Crippen molar-refractivity contribution in [1.82, 2.24) is 9.55 Å². The van der Waals surface area contributed by atoms with E-state index in [1.165, 1.54) is 0 Å². The van der Waals surface area contributed by atoms with Gasteiger partial charge in [0.15, 0.2) is 12.1 Å². The summed E-state index contributed by atoms with van der Waals surface area (Å²) in [4.78, 5) is 20.6. The molecule has 0 saturated carbocycles. The van der Waals surface area contributed by atoms with Gasteiger partial charge in [0.25, 0.3) is 5.56 Å². The molecule has 0 radical (unpaired) electrons. The number of aromatic nitrogens is 2. The second kappa shape index (κ2) is 4.84. The number of fused-ring (bicyclic) bond motifs is 3. The van der Waals surface area contributed by atoms with Crippen LogP contribution in [0.25, 0.3) is 10.9 Å². The summed E-state index contributed by atoms with van der Waals surface area (Å²) in [6.07, 6.45) is -0.517. The number of aliphatic imine (C=N–C) groups is 1. The molecule has 0 fully saturated rings. The number of para-hydroxylation sites is 1. The molecule has 2 heterocycles. The number of nitrogens with two attached hydrogens (primary N) is 1. The fraction of sp³-hybridized carbons (Fsp3) is 0.0625. The standard InChI is InChI=1S/C16H13N5O2/c17-15-18-13(9-4-3-5-10(22)8-9)21-12-7-2-1-6-11(12)14(23)19-16(21)20-15/h1-8,13,22H,(H3,17,18,19,20,23)/t13-/m0/s1. The van der Waals surface area contributed by atoms with Gasteiger partial charge in [-0.15, -0.1) is 0 Å². The maximum absolute atomic E-state index is 12.2. The van der Waals surface area contributed by atoms with E-state index in [0.29, 0.717) is 16.9 Å². The lowest BCUT2D eigenvalue weighted by atomic mass is 10.1. The van der Waals surface area contributed by atoms with Crippen molar-refractivity contribution in [3.63, 3.8) is 0 Å². The third-order valence-corrected chi connectivity index (χ3v) is 3.74. The van der Waals surface area contributed by atoms with Crippen LogP contribution in [0.4, 0.5) is 5.95 Å². The lowest BCUT2D eigenvalue weighted by Crippen LogP contribution is -2.34. The molecule has 1 aromatic heterocycles. The van der Waals surface area contributed by atoms with E-state index in [9.17, 15) is 9.90 Å². The van der Waals surface area contributed by atoms with Crippen molar-refractivity contribution in [3.8, 4) is 5.75 Å². The summed E-state index contributed by atoms with van der Waals surface area (Å²) in [6.45, 7) is 0. The first-order chi connectivity index (χ1) is 11.1. The van der Waals surface area contributed by atoms with Gasteiger partial charge in [-0.3, -0.25) is 14.7 Å². The van der Waals surface area contributed by atoms with E-state index >= 15 is 0 Å². The maximum atomic E-state index is 12.2. The van der Waals surface area contributed by atoms with Crippen LogP contribution in [0.1, 0.15) is 11.7 Å². The van der Waals surface area contributed by atoms with Gasteiger partial charge < -0.3 is 10.8 Å². The van der Waals surface area contributed by atoms with Crippen LogP contribution < -0.4 is 16.6 Å². The normalized spacial score (nSPS) is 16.5. The average Bonchev–Trinajstić information content (AvgIpc) is 2.54. The summed E-state index contributed by atoms with van der Waals surface area (Å²) in [5, 5.41) is 13.1. The number of nitrogens with zero attached hydrogens (tertiary/aromatic N) is 3. The predicted octanol–water partition coefficient (Wildman–Crippen LogP) is 1.39. The molecule has 4 N–H and O–H groups in total. The summed E-state index contributed by atoms with van der Waals surface area (Å²) < 4.78 is 1.79. The van der Waals surface area contributed by atoms with E-state index in [1.807, 2.05) is 18.2 Å². The maximum Gasteiger partial charge on any atom is 0.282 e. The van der Waals surface area contributed by atoms with Gasteiger partial charge in [-0.2, -0.15) is 4.98 Å². The molecule has 0 unspecified atom stereocenters. The predicted molar refractivity (Wildman–Crippen MR) is 87.5 cm³/mol. The molecule has 0 bridgehead atoms. The topological polar surface area (TPSA) is 106 Å². The van der Waals surface area contributed by atoms with Gasteiger partial charge in [0.1, 0.15) is 5.75 Å². The molecular formula is C16H13N5O2. The summed E-state index contributed by atoms with van der Waals surface area (Å²) in [5.41, 5.74) is 6.94. The second-order valence-corrected chi connectivity index (χ2v) is 5.24. The van der Waals surface area contributed by atoms with Crippen LogP contribution in [-0.4, -0.2) is 20.6 Å². The molecule has 2 aromatic carbocycles. The molecule has 0 amide bonds. The molecule has 0 spiro atoms. The van der Waals surface area contributed by atoms with Crippen molar-refractivity contribution in [2.45, 2.75) is 6.17 Å². The zero-order chi connectivity index (χ0) is 16.0. The highest BCUT2D eigenvalue weighted by atomic mass is 16.3. The zero-order valence-corrected chi connectivity index (χ0v) is 12.0. The Morgan fingerprint density at radius 2 is 2.00 bits per heavy atom. The Bertz CT molecular complexity index is 1010. The average molecular weight is 307 g/mol. The number of rotatable bonds is 1. The number of phenols is 1. The van der Waals surface area contributed by atoms with Crippen molar-refractivity contribution in [3.05, 3.63) is 64.4 Å². The summed E-state index contributed by atoms with van der Waals surface area (Å²) >= 11 is 0. The fourth-order valence-corrected chi connectivity index (χ4v) is 2.77. The molecule has 4 rings (SSSR count). The van der Waals surface area contributed by atoms with Gasteiger partial charge in [-0.1, -0.05) is 24.3 Å². The van der Waals surface area contributed by atoms with Gasteiger partial charge in [-0.25, -0.2) is 4.99 Å². The summed E-state index contributed by atoms with van der Waals surface area (Å²) in [7, 11) is 0. The van der Waals surface area contributed by atoms with Crippen LogP contribution in [0.5, 0.6) is 5.75 Å². The second-order valence-electron chi connectivity index (χ2n) is 5.24. The zero-order valence-electron chi connectivity index (χ0n) is 12.0. The minimum atomic E-state index is -0.517. The molecule has 23 heavy (non-hydrogen) atoms. The van der Waals surface area contributed by atoms with E-state index in [1.54, 1.807) is 34.9 Å². The van der Waals surface area contributed by atoms with E-state index in [-0.39, 0.29) is 17.3 Å². The number of aromatic hydroxyl groups is 1. The van der Waals surface area contributed by atoms with E-state index in [4.69, 9.17) is 5.73 Å². The van der Waals surface area contributed by atoms with Crippen molar-refractivity contribution in [2.75, 3.05) is 5.32 Å². The number of nitrogens with one attached hydrogen (secondary N) is 1. The molecule has 1 aliphatic rings. The largest absolute Gasteiger partial charge is 0.508 e. The Labute approximate surface area is 130 Å². The summed E-state index contributed by atoms with van der Waals surface area (Å²) in [6, 6.07) is 13.9. The Morgan fingerprint density at radius 3 is 2.83 bits per heavy atom. The molecule has 1 atom stereocenters. The fourth-order valence-electron chi connectivity index (χ4n) is 2.77. The Balaban J connectivity index is 2.05. The van der Waals surface area contributed by atoms with Crippen molar-refractivity contribution in [2.24, 2.45) is 10.7 Å². The Morgan fingerprint density at radius 1 is 1.17 bits per heavy atom. The molecule has 0 aliphatic carbocycles. The lowest BCUT2D eigenvalue weighted by Gasteiger charge is -2.27. The van der Waals surface area contributed by atoms with Crippen LogP contribution in [-0.2, 0) is 0 Å². The van der Waals surface area contributed by atoms with Gasteiger partial charge in [0, 0.05) is 5.56 Å². The van der Waals surface area contributed by atoms with Gasteiger partial charge >= 0.3 is 0 Å². The van der Waals surface area contributed by atoms with Crippen molar-refractivity contribution < 1.29 is 5.11 Å². The number of guanidine groups is 1. The third-order valence-electron chi connectivity index (χ3n) is 3.74. The SMILES string of the molecule is NC1=N[C@H](c2cccc(O)c2)n2c(nc(=O)c3ccccc32)N1. The molecule has 7 heteroatoms. The van der Waals surface area contributed by atoms with Crippen LogP contribution in [0.15, 0.2) is 58.3 Å². The van der Waals surface area contributed by atoms with Crippen LogP contribution in [0.3, 0.4) is 0 Å². The van der Waals surface area contributed by atoms with E-state index < -0.39 is 6.17 Å². The van der Waals surface area contributed by atoms with Gasteiger partial charge in [0.2, 0.25) is 5.95 Å². The highest BCUT2D eigenvalue weighted by molar-refractivity contribution is 5.93. The first kappa shape index (κ1) is 13.3. The highest BCUT2D eigenvalue weighted by Crippen LogP contribution is 2.30. The first-order valence-corrected chi connectivity index (χ1v) is 7.04. The van der Waals surface area contributed by atoms with Crippen molar-refractivity contribution in [1.29, 1.82) is 0 Å². The lowest BCUT2D eigenvalue weighted by molar-refractivity contribution is 0.472. The molecule has 3 aromatic rings. The minimum Gasteiger partial charge on any atom is -0.508 e. The quantitative estimate of drug-likeness (QED) is 0.630. The van der Waals surface area contributed by atoms with Crippen LogP contribution in [0, 0.1) is 0 Å². The summed E-state index contributed by atoms with van der Waals surface area (Å²) in [5.74, 6) is 0.629. The number of phenolic OH excluding ortho intramolecular Hbond substituents is 1. The molecule has 7 nitrogen and oxygen atoms in total. The number of hydrogen-bond donors (Lipinski definition) is 3. The van der Waals surface area contributed by atoms with Gasteiger partial charge in [-0.05, 0) is 24.3 Å². The van der Waals surface area contributed by atoms with Gasteiger partial charge in [0.05, 0.1) is 10.9 Å².